The quantitative estimate of drug-likeness (QED) is 0.684. The van der Waals surface area contributed by atoms with Gasteiger partial charge in [-0.05, 0) is 33.1 Å². The Bertz CT molecular complexity index is 211. The summed E-state index contributed by atoms with van der Waals surface area (Å²) in [5.41, 5.74) is 5.47. The molecule has 1 amide bonds. The van der Waals surface area contributed by atoms with E-state index in [-0.39, 0.29) is 23.4 Å². The van der Waals surface area contributed by atoms with Gasteiger partial charge in [-0.1, -0.05) is 6.92 Å². The van der Waals surface area contributed by atoms with E-state index in [1.165, 1.54) is 0 Å². The lowest BCUT2D eigenvalue weighted by atomic mass is 9.96. The van der Waals surface area contributed by atoms with Crippen LogP contribution in [0.3, 0.4) is 0 Å². The van der Waals surface area contributed by atoms with Crippen LogP contribution in [-0.4, -0.2) is 17.5 Å². The Morgan fingerprint density at radius 2 is 2.08 bits per heavy atom. The van der Waals surface area contributed by atoms with Gasteiger partial charge in [-0.25, -0.2) is 0 Å². The molecule has 3 atom stereocenters. The van der Waals surface area contributed by atoms with Gasteiger partial charge >= 0.3 is 0 Å². The van der Waals surface area contributed by atoms with Gasteiger partial charge in [0.2, 0.25) is 5.91 Å². The number of nitrogens with two attached hydrogens (primary N) is 1. The highest BCUT2D eigenvalue weighted by Gasteiger charge is 2.41. The van der Waals surface area contributed by atoms with E-state index < -0.39 is 0 Å². The number of nitrogens with one attached hydrogen (secondary N) is 1. The highest BCUT2D eigenvalue weighted by Crippen LogP contribution is 2.38. The molecule has 0 aliphatic heterocycles. The van der Waals surface area contributed by atoms with Crippen molar-refractivity contribution in [2.24, 2.45) is 17.6 Å². The van der Waals surface area contributed by atoms with E-state index >= 15 is 0 Å². The van der Waals surface area contributed by atoms with E-state index in [1.54, 1.807) is 0 Å². The minimum Gasteiger partial charge on any atom is -0.349 e. The van der Waals surface area contributed by atoms with Crippen molar-refractivity contribution in [3.63, 3.8) is 0 Å². The maximum atomic E-state index is 11.6. The number of rotatable bonds is 3. The molecule has 3 nitrogen and oxygen atoms in total. The summed E-state index contributed by atoms with van der Waals surface area (Å²) in [5, 5.41) is 2.98. The topological polar surface area (TPSA) is 55.1 Å². The molecule has 0 saturated heterocycles. The average Bonchev–Trinajstić information content (AvgIpc) is 2.65. The summed E-state index contributed by atoms with van der Waals surface area (Å²) in [4.78, 5) is 11.6. The molecule has 0 heterocycles. The molecule has 0 aromatic heterocycles. The summed E-state index contributed by atoms with van der Waals surface area (Å²) in [5.74, 6) is 0.955. The molecule has 1 rings (SSSR count). The molecule has 0 aromatic rings. The zero-order valence-corrected chi connectivity index (χ0v) is 8.92. The summed E-state index contributed by atoms with van der Waals surface area (Å²) in [6.07, 6.45) is 1.03. The van der Waals surface area contributed by atoms with Gasteiger partial charge in [0.1, 0.15) is 0 Å². The summed E-state index contributed by atoms with van der Waals surface area (Å²) < 4.78 is 0. The predicted molar refractivity (Wildman–Crippen MR) is 53.1 cm³/mol. The van der Waals surface area contributed by atoms with Gasteiger partial charge in [0, 0.05) is 17.5 Å². The molecule has 1 aliphatic carbocycles. The van der Waals surface area contributed by atoms with E-state index in [1.807, 2.05) is 20.8 Å². The van der Waals surface area contributed by atoms with Crippen molar-refractivity contribution in [1.29, 1.82) is 0 Å². The lowest BCUT2D eigenvalue weighted by molar-refractivity contribution is -0.124. The van der Waals surface area contributed by atoms with Crippen LogP contribution in [0.5, 0.6) is 0 Å². The molecule has 0 aromatic carbocycles. The number of hydrogen-bond donors (Lipinski definition) is 2. The largest absolute Gasteiger partial charge is 0.349 e. The van der Waals surface area contributed by atoms with Gasteiger partial charge in [-0.3, -0.25) is 4.79 Å². The molecule has 1 saturated carbocycles. The molecular formula is C10H20N2O. The third kappa shape index (κ3) is 2.44. The average molecular weight is 184 g/mol. The Morgan fingerprint density at radius 3 is 2.38 bits per heavy atom. The van der Waals surface area contributed by atoms with Gasteiger partial charge in [0.05, 0.1) is 0 Å². The van der Waals surface area contributed by atoms with Crippen molar-refractivity contribution in [3.05, 3.63) is 0 Å². The van der Waals surface area contributed by atoms with Crippen molar-refractivity contribution < 1.29 is 4.79 Å². The molecule has 1 fully saturated rings. The van der Waals surface area contributed by atoms with Gasteiger partial charge < -0.3 is 11.1 Å². The number of carbonyl (C=O) groups excluding carboxylic acids is 1. The van der Waals surface area contributed by atoms with Crippen LogP contribution in [0.25, 0.3) is 0 Å². The molecule has 3 N–H and O–H groups in total. The second kappa shape index (κ2) is 3.29. The second-order valence-electron chi connectivity index (χ2n) is 4.82. The first kappa shape index (κ1) is 10.5. The molecule has 3 unspecified atom stereocenters. The third-order valence-electron chi connectivity index (χ3n) is 3.03. The van der Waals surface area contributed by atoms with Crippen molar-refractivity contribution in [2.75, 3.05) is 0 Å². The van der Waals surface area contributed by atoms with Crippen molar-refractivity contribution >= 4 is 5.91 Å². The SMILES string of the molecule is CC1CC1C(=O)NC(C)(C)C(C)N. The molecular weight excluding hydrogens is 164 g/mol. The Balaban J connectivity index is 2.44. The van der Waals surface area contributed by atoms with Crippen molar-refractivity contribution in [1.82, 2.24) is 5.32 Å². The zero-order chi connectivity index (χ0) is 10.2. The highest BCUT2D eigenvalue weighted by atomic mass is 16.2. The molecule has 1 aliphatic rings. The molecule has 0 radical (unpaired) electrons. The van der Waals surface area contributed by atoms with Gasteiger partial charge in [-0.15, -0.1) is 0 Å². The van der Waals surface area contributed by atoms with E-state index in [0.29, 0.717) is 5.92 Å². The maximum Gasteiger partial charge on any atom is 0.223 e. The van der Waals surface area contributed by atoms with Crippen LogP contribution in [0.15, 0.2) is 0 Å². The van der Waals surface area contributed by atoms with Crippen LogP contribution in [0.2, 0.25) is 0 Å². The van der Waals surface area contributed by atoms with Crippen LogP contribution in [-0.2, 0) is 4.79 Å². The third-order valence-corrected chi connectivity index (χ3v) is 3.03. The first-order valence-corrected chi connectivity index (χ1v) is 4.92. The van der Waals surface area contributed by atoms with Crippen LogP contribution < -0.4 is 11.1 Å². The summed E-state index contributed by atoms with van der Waals surface area (Å²) in [6.45, 7) is 7.94. The van der Waals surface area contributed by atoms with Crippen LogP contribution in [0.1, 0.15) is 34.1 Å². The summed E-state index contributed by atoms with van der Waals surface area (Å²) in [7, 11) is 0. The lowest BCUT2D eigenvalue weighted by Gasteiger charge is -2.30. The lowest BCUT2D eigenvalue weighted by Crippen LogP contribution is -2.55. The Labute approximate surface area is 80.1 Å². The summed E-state index contributed by atoms with van der Waals surface area (Å²) >= 11 is 0. The van der Waals surface area contributed by atoms with E-state index in [2.05, 4.69) is 12.2 Å². The smallest absolute Gasteiger partial charge is 0.223 e. The van der Waals surface area contributed by atoms with E-state index in [0.717, 1.165) is 6.42 Å². The first-order valence-electron chi connectivity index (χ1n) is 4.92. The van der Waals surface area contributed by atoms with Crippen molar-refractivity contribution in [3.8, 4) is 0 Å². The van der Waals surface area contributed by atoms with Crippen LogP contribution >= 0.6 is 0 Å². The van der Waals surface area contributed by atoms with Crippen LogP contribution in [0, 0.1) is 11.8 Å². The fraction of sp³-hybridized carbons (Fsp3) is 0.900. The Hall–Kier alpha value is -0.570. The van der Waals surface area contributed by atoms with Crippen molar-refractivity contribution in [2.45, 2.75) is 45.7 Å². The second-order valence-corrected chi connectivity index (χ2v) is 4.82. The molecule has 0 spiro atoms. The zero-order valence-electron chi connectivity index (χ0n) is 8.92. The predicted octanol–water partition coefficient (Wildman–Crippen LogP) is 0.884. The normalized spacial score (nSPS) is 29.6. The molecule has 0 bridgehead atoms. The maximum absolute atomic E-state index is 11.6. The fourth-order valence-corrected chi connectivity index (χ4v) is 1.21. The highest BCUT2D eigenvalue weighted by molar-refractivity contribution is 5.82. The first-order chi connectivity index (χ1) is 5.84. The molecule has 3 heteroatoms. The molecule has 76 valence electrons. The Kier molecular flexibility index (Phi) is 2.66. The number of hydrogen-bond acceptors (Lipinski definition) is 2. The van der Waals surface area contributed by atoms with E-state index in [4.69, 9.17) is 5.73 Å². The number of carbonyl (C=O) groups is 1. The fourth-order valence-electron chi connectivity index (χ4n) is 1.21. The monoisotopic (exact) mass is 184 g/mol. The van der Waals surface area contributed by atoms with Gasteiger partial charge in [0.25, 0.3) is 0 Å². The van der Waals surface area contributed by atoms with Gasteiger partial charge in [-0.2, -0.15) is 0 Å². The summed E-state index contributed by atoms with van der Waals surface area (Å²) in [6, 6.07) is -0.0227. The Morgan fingerprint density at radius 1 is 1.62 bits per heavy atom. The molecule has 13 heavy (non-hydrogen) atoms. The van der Waals surface area contributed by atoms with E-state index in [9.17, 15) is 4.79 Å². The standard InChI is InChI=1S/C10H20N2O/c1-6-5-8(6)9(13)12-10(3,4)7(2)11/h6-8H,5,11H2,1-4H3,(H,12,13). The minimum atomic E-state index is -0.292. The van der Waals surface area contributed by atoms with Crippen LogP contribution in [0.4, 0.5) is 0 Å². The number of amides is 1. The van der Waals surface area contributed by atoms with Gasteiger partial charge in [0.15, 0.2) is 0 Å². The minimum absolute atomic E-state index is 0.0227.